The predicted octanol–water partition coefficient (Wildman–Crippen LogP) is 3.50. The van der Waals surface area contributed by atoms with Crippen molar-refractivity contribution in [2.75, 3.05) is 7.11 Å². The lowest BCUT2D eigenvalue weighted by atomic mass is 10.2. The van der Waals surface area contributed by atoms with Crippen LogP contribution in [0.15, 0.2) is 46.9 Å². The average molecular weight is 322 g/mol. The fourth-order valence-electron chi connectivity index (χ4n) is 1.85. The summed E-state index contributed by atoms with van der Waals surface area (Å²) >= 11 is 3.49. The standard InChI is InChI=1S/C15H16BrNO2/c1-18-14-8-3-2-5-12(14)10-19-15-11(9-17)6-4-7-13(15)16/h2-8H,9-10,17H2,1H3. The summed E-state index contributed by atoms with van der Waals surface area (Å²) in [6, 6.07) is 13.7. The van der Waals surface area contributed by atoms with Crippen LogP contribution in [0.4, 0.5) is 0 Å². The van der Waals surface area contributed by atoms with Crippen LogP contribution in [0, 0.1) is 0 Å². The Hall–Kier alpha value is -1.52. The van der Waals surface area contributed by atoms with Gasteiger partial charge in [0.25, 0.3) is 0 Å². The smallest absolute Gasteiger partial charge is 0.138 e. The number of hydrogen-bond donors (Lipinski definition) is 1. The second-order valence-corrected chi connectivity index (χ2v) is 4.89. The van der Waals surface area contributed by atoms with Crippen molar-refractivity contribution < 1.29 is 9.47 Å². The molecular weight excluding hydrogens is 306 g/mol. The van der Waals surface area contributed by atoms with Crippen LogP contribution in [0.2, 0.25) is 0 Å². The molecule has 0 unspecified atom stereocenters. The molecule has 0 aromatic heterocycles. The molecule has 0 saturated heterocycles. The Kier molecular flexibility index (Phi) is 4.82. The molecule has 0 heterocycles. The minimum Gasteiger partial charge on any atom is -0.496 e. The molecule has 0 spiro atoms. The van der Waals surface area contributed by atoms with Gasteiger partial charge in [-0.3, -0.25) is 0 Å². The number of benzene rings is 2. The zero-order chi connectivity index (χ0) is 13.7. The Bertz CT molecular complexity index is 558. The molecular formula is C15H16BrNO2. The van der Waals surface area contributed by atoms with E-state index in [2.05, 4.69) is 15.9 Å². The van der Waals surface area contributed by atoms with Crippen LogP contribution < -0.4 is 15.2 Å². The van der Waals surface area contributed by atoms with Crippen LogP contribution in [0.1, 0.15) is 11.1 Å². The first-order chi connectivity index (χ1) is 9.26. The van der Waals surface area contributed by atoms with Gasteiger partial charge >= 0.3 is 0 Å². The van der Waals surface area contributed by atoms with Gasteiger partial charge in [0.05, 0.1) is 11.6 Å². The molecule has 2 rings (SSSR count). The van der Waals surface area contributed by atoms with E-state index < -0.39 is 0 Å². The highest BCUT2D eigenvalue weighted by Gasteiger charge is 2.08. The third-order valence-corrected chi connectivity index (χ3v) is 3.46. The second kappa shape index (κ2) is 6.59. The van der Waals surface area contributed by atoms with E-state index in [1.165, 1.54) is 0 Å². The number of rotatable bonds is 5. The summed E-state index contributed by atoms with van der Waals surface area (Å²) in [5.41, 5.74) is 7.70. The van der Waals surface area contributed by atoms with E-state index in [9.17, 15) is 0 Å². The van der Waals surface area contributed by atoms with E-state index >= 15 is 0 Å². The summed E-state index contributed by atoms with van der Waals surface area (Å²) in [5, 5.41) is 0. The van der Waals surface area contributed by atoms with Gasteiger partial charge in [-0.1, -0.05) is 30.3 Å². The fraction of sp³-hybridized carbons (Fsp3) is 0.200. The van der Waals surface area contributed by atoms with Crippen molar-refractivity contribution in [2.24, 2.45) is 5.73 Å². The third-order valence-electron chi connectivity index (χ3n) is 2.83. The SMILES string of the molecule is COc1ccccc1COc1c(Br)cccc1CN. The molecule has 0 saturated carbocycles. The maximum atomic E-state index is 5.88. The molecule has 2 aromatic rings. The molecule has 100 valence electrons. The van der Waals surface area contributed by atoms with Crippen molar-refractivity contribution in [3.63, 3.8) is 0 Å². The third kappa shape index (κ3) is 3.28. The van der Waals surface area contributed by atoms with Crippen molar-refractivity contribution in [3.05, 3.63) is 58.1 Å². The second-order valence-electron chi connectivity index (χ2n) is 4.03. The average Bonchev–Trinajstić information content (AvgIpc) is 2.46. The Morgan fingerprint density at radius 1 is 1.05 bits per heavy atom. The number of halogens is 1. The highest BCUT2D eigenvalue weighted by molar-refractivity contribution is 9.10. The summed E-state index contributed by atoms with van der Waals surface area (Å²) < 4.78 is 12.1. The molecule has 0 aliphatic heterocycles. The van der Waals surface area contributed by atoms with Gasteiger partial charge in [0, 0.05) is 17.7 Å². The number of nitrogens with two attached hydrogens (primary N) is 1. The summed E-state index contributed by atoms with van der Waals surface area (Å²) in [4.78, 5) is 0. The van der Waals surface area contributed by atoms with Gasteiger partial charge in [-0.05, 0) is 28.1 Å². The van der Waals surface area contributed by atoms with Crippen molar-refractivity contribution >= 4 is 15.9 Å². The Morgan fingerprint density at radius 3 is 2.53 bits per heavy atom. The maximum Gasteiger partial charge on any atom is 0.138 e. The Balaban J connectivity index is 2.19. The molecule has 3 nitrogen and oxygen atoms in total. The fourth-order valence-corrected chi connectivity index (χ4v) is 2.37. The summed E-state index contributed by atoms with van der Waals surface area (Å²) in [5.74, 6) is 1.61. The number of para-hydroxylation sites is 2. The molecule has 0 bridgehead atoms. The first kappa shape index (κ1) is 13.9. The predicted molar refractivity (Wildman–Crippen MR) is 79.4 cm³/mol. The first-order valence-corrected chi connectivity index (χ1v) is 6.77. The molecule has 4 heteroatoms. The quantitative estimate of drug-likeness (QED) is 0.916. The molecule has 0 atom stereocenters. The first-order valence-electron chi connectivity index (χ1n) is 5.98. The van der Waals surface area contributed by atoms with E-state index in [1.54, 1.807) is 7.11 Å². The van der Waals surface area contributed by atoms with E-state index in [4.69, 9.17) is 15.2 Å². The van der Waals surface area contributed by atoms with Crippen LogP contribution in [0.3, 0.4) is 0 Å². The Labute approximate surface area is 121 Å². The van der Waals surface area contributed by atoms with Crippen LogP contribution in [-0.4, -0.2) is 7.11 Å². The monoisotopic (exact) mass is 321 g/mol. The van der Waals surface area contributed by atoms with E-state index in [0.29, 0.717) is 13.2 Å². The van der Waals surface area contributed by atoms with E-state index in [1.807, 2.05) is 42.5 Å². The number of hydrogen-bond acceptors (Lipinski definition) is 3. The van der Waals surface area contributed by atoms with E-state index in [0.717, 1.165) is 27.1 Å². The summed E-state index contributed by atoms with van der Waals surface area (Å²) in [6.07, 6.45) is 0. The topological polar surface area (TPSA) is 44.5 Å². The molecule has 2 N–H and O–H groups in total. The number of methoxy groups -OCH3 is 1. The van der Waals surface area contributed by atoms with Gasteiger partial charge < -0.3 is 15.2 Å². The van der Waals surface area contributed by atoms with Gasteiger partial charge in [-0.2, -0.15) is 0 Å². The van der Waals surface area contributed by atoms with Crippen LogP contribution in [0.5, 0.6) is 11.5 Å². The molecule has 0 aliphatic carbocycles. The van der Waals surface area contributed by atoms with Gasteiger partial charge in [0.2, 0.25) is 0 Å². The van der Waals surface area contributed by atoms with Crippen LogP contribution >= 0.6 is 15.9 Å². The minimum atomic E-state index is 0.444. The molecule has 0 radical (unpaired) electrons. The minimum absolute atomic E-state index is 0.444. The molecule has 0 aliphatic rings. The largest absolute Gasteiger partial charge is 0.496 e. The van der Waals surface area contributed by atoms with Gasteiger partial charge in [0.15, 0.2) is 0 Å². The van der Waals surface area contributed by atoms with Gasteiger partial charge in [0.1, 0.15) is 18.1 Å². The van der Waals surface area contributed by atoms with Gasteiger partial charge in [-0.15, -0.1) is 0 Å². The number of ether oxygens (including phenoxy) is 2. The molecule has 0 fully saturated rings. The van der Waals surface area contributed by atoms with E-state index in [-0.39, 0.29) is 0 Å². The van der Waals surface area contributed by atoms with Crippen LogP contribution in [-0.2, 0) is 13.2 Å². The van der Waals surface area contributed by atoms with Crippen molar-refractivity contribution in [2.45, 2.75) is 13.2 Å². The lowest BCUT2D eigenvalue weighted by Gasteiger charge is -2.14. The normalized spacial score (nSPS) is 10.3. The summed E-state index contributed by atoms with van der Waals surface area (Å²) in [7, 11) is 1.66. The zero-order valence-electron chi connectivity index (χ0n) is 10.7. The lowest BCUT2D eigenvalue weighted by molar-refractivity contribution is 0.292. The van der Waals surface area contributed by atoms with Gasteiger partial charge in [-0.25, -0.2) is 0 Å². The highest BCUT2D eigenvalue weighted by atomic mass is 79.9. The van der Waals surface area contributed by atoms with Crippen molar-refractivity contribution in [3.8, 4) is 11.5 Å². The maximum absolute atomic E-state index is 5.88. The zero-order valence-corrected chi connectivity index (χ0v) is 12.3. The van der Waals surface area contributed by atoms with Crippen LogP contribution in [0.25, 0.3) is 0 Å². The lowest BCUT2D eigenvalue weighted by Crippen LogP contribution is -2.04. The highest BCUT2D eigenvalue weighted by Crippen LogP contribution is 2.30. The summed E-state index contributed by atoms with van der Waals surface area (Å²) in [6.45, 7) is 0.889. The van der Waals surface area contributed by atoms with Crippen molar-refractivity contribution in [1.82, 2.24) is 0 Å². The molecule has 2 aromatic carbocycles. The molecule has 0 amide bonds. The van der Waals surface area contributed by atoms with Crippen molar-refractivity contribution in [1.29, 1.82) is 0 Å². The molecule has 19 heavy (non-hydrogen) atoms. The Morgan fingerprint density at radius 2 is 1.79 bits per heavy atom.